The largest absolute Gasteiger partial charge is 0.490 e. The average Bonchev–Trinajstić information content (AvgIpc) is 3.35. The molecule has 230 valence electrons. The van der Waals surface area contributed by atoms with E-state index in [2.05, 4.69) is 30.3 Å². The second-order valence-electron chi connectivity index (χ2n) is 8.64. The van der Waals surface area contributed by atoms with E-state index in [9.17, 15) is 30.7 Å². The zero-order valence-electron chi connectivity index (χ0n) is 21.8. The third-order valence-electron chi connectivity index (χ3n) is 5.61. The van der Waals surface area contributed by atoms with Crippen molar-refractivity contribution >= 4 is 34.8 Å². The van der Waals surface area contributed by atoms with Crippen LogP contribution in [0.2, 0.25) is 0 Å². The van der Waals surface area contributed by atoms with Gasteiger partial charge in [0.05, 0.1) is 29.3 Å². The van der Waals surface area contributed by atoms with Crippen LogP contribution in [-0.2, 0) is 9.59 Å². The number of pyridine rings is 2. The molecule has 0 unspecified atom stereocenters. The summed E-state index contributed by atoms with van der Waals surface area (Å²) in [4.78, 5) is 33.0. The maximum Gasteiger partial charge on any atom is 0.490 e. The van der Waals surface area contributed by atoms with Gasteiger partial charge in [0, 0.05) is 25.5 Å². The average molecular weight is 617 g/mol. The number of rotatable bonds is 4. The standard InChI is InChI=1S/C21H20FN7.2C2HF3O2/c22-16-5-4-9-24-20(16)17-7-6-15-13-25-21(29(15)27-17)26-18-14-23-10-8-19(18)28-11-2-1-3-12-28;2*3-2(4,5)1(6)7/h4-10,13-14H,1-3,11-12H2,(H,25,26);2*(H,6,7). The van der Waals surface area contributed by atoms with Crippen molar-refractivity contribution in [3.8, 4) is 11.4 Å². The number of piperidine rings is 1. The number of hydrogen-bond donors (Lipinski definition) is 3. The number of alkyl halides is 6. The number of halogens is 7. The van der Waals surface area contributed by atoms with E-state index in [1.165, 1.54) is 25.3 Å². The molecule has 0 aromatic carbocycles. The fourth-order valence-corrected chi connectivity index (χ4v) is 3.68. The zero-order chi connectivity index (χ0) is 31.8. The molecule has 0 saturated carbocycles. The van der Waals surface area contributed by atoms with Gasteiger partial charge < -0.3 is 20.4 Å². The van der Waals surface area contributed by atoms with Crippen molar-refractivity contribution in [2.75, 3.05) is 23.3 Å². The van der Waals surface area contributed by atoms with Gasteiger partial charge in [-0.05, 0) is 49.6 Å². The summed E-state index contributed by atoms with van der Waals surface area (Å²) in [7, 11) is 0. The minimum atomic E-state index is -5.08. The number of imidazole rings is 1. The number of hydrogen-bond acceptors (Lipinski definition) is 8. The number of carbonyl (C=O) groups is 2. The molecule has 0 amide bonds. The fourth-order valence-electron chi connectivity index (χ4n) is 3.68. The van der Waals surface area contributed by atoms with Crippen LogP contribution in [0.25, 0.3) is 16.9 Å². The molecule has 11 nitrogen and oxygen atoms in total. The number of aliphatic carboxylic acids is 2. The third-order valence-corrected chi connectivity index (χ3v) is 5.61. The summed E-state index contributed by atoms with van der Waals surface area (Å²) in [5.41, 5.74) is 3.43. The predicted octanol–water partition coefficient (Wildman–Crippen LogP) is 5.33. The molecule has 1 saturated heterocycles. The lowest BCUT2D eigenvalue weighted by atomic mass is 10.1. The third kappa shape index (κ3) is 8.98. The second-order valence-corrected chi connectivity index (χ2v) is 8.64. The van der Waals surface area contributed by atoms with E-state index in [-0.39, 0.29) is 5.69 Å². The summed E-state index contributed by atoms with van der Waals surface area (Å²) in [6.07, 6.45) is 0.365. The van der Waals surface area contributed by atoms with Gasteiger partial charge >= 0.3 is 24.3 Å². The minimum absolute atomic E-state index is 0.212. The second kappa shape index (κ2) is 13.8. The van der Waals surface area contributed by atoms with E-state index in [0.29, 0.717) is 11.6 Å². The molecule has 0 aliphatic carbocycles. The van der Waals surface area contributed by atoms with E-state index >= 15 is 0 Å². The zero-order valence-corrected chi connectivity index (χ0v) is 21.8. The molecule has 4 aromatic heterocycles. The normalized spacial score (nSPS) is 13.3. The highest BCUT2D eigenvalue weighted by Crippen LogP contribution is 2.30. The quantitative estimate of drug-likeness (QED) is 0.257. The van der Waals surface area contributed by atoms with E-state index in [1.54, 1.807) is 41.4 Å². The molecule has 43 heavy (non-hydrogen) atoms. The Morgan fingerprint density at radius 2 is 1.47 bits per heavy atom. The number of anilines is 3. The molecule has 18 heteroatoms. The van der Waals surface area contributed by atoms with Crippen molar-refractivity contribution in [2.24, 2.45) is 0 Å². The summed E-state index contributed by atoms with van der Waals surface area (Å²) in [6.45, 7) is 2.06. The van der Waals surface area contributed by atoms with Crippen molar-refractivity contribution in [1.29, 1.82) is 0 Å². The number of nitrogens with one attached hydrogen (secondary N) is 1. The maximum atomic E-state index is 14.2. The molecule has 3 N–H and O–H groups in total. The Balaban J connectivity index is 0.000000303. The number of aromatic nitrogens is 5. The smallest absolute Gasteiger partial charge is 0.475 e. The first-order chi connectivity index (χ1) is 20.2. The molecule has 1 fully saturated rings. The molecule has 1 aliphatic heterocycles. The summed E-state index contributed by atoms with van der Waals surface area (Å²) < 4.78 is 79.3. The van der Waals surface area contributed by atoms with Crippen LogP contribution in [0.15, 0.2) is 55.1 Å². The molecule has 0 atom stereocenters. The van der Waals surface area contributed by atoms with Crippen LogP contribution < -0.4 is 10.2 Å². The number of fused-ring (bicyclic) bond motifs is 1. The van der Waals surface area contributed by atoms with Crippen LogP contribution in [0.5, 0.6) is 0 Å². The van der Waals surface area contributed by atoms with Crippen LogP contribution in [0.3, 0.4) is 0 Å². The Kier molecular flexibility index (Phi) is 10.4. The molecule has 4 aromatic rings. The summed E-state index contributed by atoms with van der Waals surface area (Å²) in [5, 5.41) is 22.2. The van der Waals surface area contributed by atoms with E-state index < -0.39 is 30.1 Å². The highest BCUT2D eigenvalue weighted by molar-refractivity contribution is 5.74. The summed E-state index contributed by atoms with van der Waals surface area (Å²) in [5.74, 6) is -5.38. The minimum Gasteiger partial charge on any atom is -0.475 e. The van der Waals surface area contributed by atoms with Gasteiger partial charge in [0.15, 0.2) is 5.82 Å². The lowest BCUT2D eigenvalue weighted by molar-refractivity contribution is -0.193. The van der Waals surface area contributed by atoms with Gasteiger partial charge in [-0.1, -0.05) is 0 Å². The summed E-state index contributed by atoms with van der Waals surface area (Å²) in [6, 6.07) is 8.55. The Bertz CT molecular complexity index is 1530. The van der Waals surface area contributed by atoms with Crippen molar-refractivity contribution < 1.29 is 50.5 Å². The lowest BCUT2D eigenvalue weighted by Gasteiger charge is -2.30. The van der Waals surface area contributed by atoms with Crippen molar-refractivity contribution in [3.63, 3.8) is 0 Å². The first-order valence-corrected chi connectivity index (χ1v) is 12.2. The van der Waals surface area contributed by atoms with E-state index in [4.69, 9.17) is 19.8 Å². The van der Waals surface area contributed by atoms with Gasteiger partial charge in [0.25, 0.3) is 0 Å². The number of carboxylic acid groups (broad SMARTS) is 2. The van der Waals surface area contributed by atoms with Gasteiger partial charge in [-0.25, -0.2) is 19.0 Å². The number of carboxylic acids is 2. The van der Waals surface area contributed by atoms with E-state index in [1.807, 2.05) is 12.1 Å². The highest BCUT2D eigenvalue weighted by Gasteiger charge is 2.38. The highest BCUT2D eigenvalue weighted by atomic mass is 19.4. The molecule has 0 spiro atoms. The van der Waals surface area contributed by atoms with Gasteiger partial charge in [-0.15, -0.1) is 0 Å². The van der Waals surface area contributed by atoms with Crippen molar-refractivity contribution in [3.05, 3.63) is 60.9 Å². The van der Waals surface area contributed by atoms with Crippen LogP contribution in [0, 0.1) is 5.82 Å². The monoisotopic (exact) mass is 617 g/mol. The van der Waals surface area contributed by atoms with Crippen LogP contribution in [-0.4, -0.2) is 72.2 Å². The van der Waals surface area contributed by atoms with Gasteiger partial charge in [-0.3, -0.25) is 9.97 Å². The molecule has 1 aliphatic rings. The van der Waals surface area contributed by atoms with Gasteiger partial charge in [-0.2, -0.15) is 36.0 Å². The lowest BCUT2D eigenvalue weighted by Crippen LogP contribution is -2.30. The predicted molar refractivity (Wildman–Crippen MR) is 137 cm³/mol. The van der Waals surface area contributed by atoms with Gasteiger partial charge in [0.1, 0.15) is 11.4 Å². The first-order valence-electron chi connectivity index (χ1n) is 12.2. The SMILES string of the molecule is Fc1cccnc1-c1ccc2cnc(Nc3cnccc3N3CCCCC3)n2n1.O=C(O)C(F)(F)F.O=C(O)C(F)(F)F. The van der Waals surface area contributed by atoms with Crippen LogP contribution in [0.4, 0.5) is 48.1 Å². The Labute approximate surface area is 237 Å². The van der Waals surface area contributed by atoms with Crippen molar-refractivity contribution in [1.82, 2.24) is 24.6 Å². The maximum absolute atomic E-state index is 14.2. The van der Waals surface area contributed by atoms with E-state index in [0.717, 1.165) is 30.0 Å². The molecule has 0 radical (unpaired) electrons. The molecule has 0 bridgehead atoms. The Morgan fingerprint density at radius 3 is 2.05 bits per heavy atom. The Hall–Kier alpha value is -5.03. The first kappa shape index (κ1) is 32.5. The molecule has 5 heterocycles. The number of nitrogens with zero attached hydrogens (tertiary/aromatic N) is 6. The summed E-state index contributed by atoms with van der Waals surface area (Å²) >= 11 is 0. The fraction of sp³-hybridized carbons (Fsp3) is 0.280. The Morgan fingerprint density at radius 1 is 0.837 bits per heavy atom. The molecular formula is C25H22F7N7O4. The van der Waals surface area contributed by atoms with Crippen LogP contribution in [0.1, 0.15) is 19.3 Å². The van der Waals surface area contributed by atoms with Gasteiger partial charge in [0.2, 0.25) is 5.95 Å². The van der Waals surface area contributed by atoms with Crippen molar-refractivity contribution in [2.45, 2.75) is 31.6 Å². The van der Waals surface area contributed by atoms with Crippen LogP contribution >= 0.6 is 0 Å². The molecular weight excluding hydrogens is 595 g/mol. The topological polar surface area (TPSA) is 146 Å². The molecule has 5 rings (SSSR count).